The van der Waals surface area contributed by atoms with Gasteiger partial charge in [0, 0.05) is 21.3 Å². The van der Waals surface area contributed by atoms with E-state index in [4.69, 9.17) is 27.9 Å². The highest BCUT2D eigenvalue weighted by molar-refractivity contribution is 6.35. The van der Waals surface area contributed by atoms with Crippen molar-refractivity contribution < 1.29 is 9.53 Å². The maximum absolute atomic E-state index is 12.6. The van der Waals surface area contributed by atoms with Crippen LogP contribution in [0.25, 0.3) is 10.9 Å². The van der Waals surface area contributed by atoms with Gasteiger partial charge in [0.1, 0.15) is 5.75 Å². The van der Waals surface area contributed by atoms with Crippen molar-refractivity contribution in [3.05, 3.63) is 74.0 Å². The van der Waals surface area contributed by atoms with Gasteiger partial charge in [0.05, 0.1) is 17.5 Å². The lowest BCUT2D eigenvalue weighted by Gasteiger charge is -2.25. The number of aromatic nitrogens is 1. The molecule has 1 atom stereocenters. The molecule has 4 nitrogen and oxygen atoms in total. The summed E-state index contributed by atoms with van der Waals surface area (Å²) < 4.78 is 5.41. The number of esters is 1. The number of halogens is 2. The van der Waals surface area contributed by atoms with E-state index in [2.05, 4.69) is 4.98 Å². The number of pyridine rings is 1. The highest BCUT2D eigenvalue weighted by atomic mass is 35.5. The van der Waals surface area contributed by atoms with E-state index >= 15 is 0 Å². The smallest absolute Gasteiger partial charge is 0.312 e. The molecule has 0 saturated carbocycles. The third kappa shape index (κ3) is 2.39. The van der Waals surface area contributed by atoms with E-state index in [-0.39, 0.29) is 12.0 Å². The van der Waals surface area contributed by atoms with Crippen molar-refractivity contribution in [1.29, 1.82) is 0 Å². The molecule has 0 aliphatic carbocycles. The van der Waals surface area contributed by atoms with Gasteiger partial charge < -0.3 is 9.72 Å². The molecule has 0 spiro atoms. The topological polar surface area (TPSA) is 59.2 Å². The first-order valence-electron chi connectivity index (χ1n) is 7.35. The molecule has 2 aromatic carbocycles. The zero-order valence-electron chi connectivity index (χ0n) is 12.3. The van der Waals surface area contributed by atoms with Gasteiger partial charge in [0.15, 0.2) is 0 Å². The number of hydrogen-bond donors (Lipinski definition) is 1. The lowest BCUT2D eigenvalue weighted by atomic mass is 9.86. The molecule has 0 fully saturated rings. The summed E-state index contributed by atoms with van der Waals surface area (Å²) in [6, 6.07) is 12.3. The van der Waals surface area contributed by atoms with Crippen LogP contribution in [-0.2, 0) is 4.79 Å². The molecule has 1 unspecified atom stereocenters. The SMILES string of the molecule is O=C1CC(c2ccc(Cl)cc2Cl)c2c(c3ccccc3[nH]c2=O)O1. The van der Waals surface area contributed by atoms with E-state index in [0.29, 0.717) is 37.8 Å². The number of fused-ring (bicyclic) bond motifs is 3. The van der Waals surface area contributed by atoms with Crippen LogP contribution in [0.4, 0.5) is 0 Å². The number of rotatable bonds is 1. The number of para-hydroxylation sites is 1. The van der Waals surface area contributed by atoms with Crippen LogP contribution in [0.2, 0.25) is 10.0 Å². The van der Waals surface area contributed by atoms with Gasteiger partial charge in [0.25, 0.3) is 5.56 Å². The van der Waals surface area contributed by atoms with E-state index < -0.39 is 11.9 Å². The second-order valence-electron chi connectivity index (χ2n) is 5.64. The van der Waals surface area contributed by atoms with Crippen LogP contribution >= 0.6 is 23.2 Å². The maximum Gasteiger partial charge on any atom is 0.312 e. The highest BCUT2D eigenvalue weighted by Crippen LogP contribution is 2.42. The summed E-state index contributed by atoms with van der Waals surface area (Å²) in [5.41, 5.74) is 1.43. The molecule has 0 amide bonds. The molecule has 3 aromatic rings. The van der Waals surface area contributed by atoms with Crippen LogP contribution in [0.15, 0.2) is 47.3 Å². The van der Waals surface area contributed by atoms with Crippen LogP contribution in [0.3, 0.4) is 0 Å². The molecule has 2 heterocycles. The molecule has 1 N–H and O–H groups in total. The molecule has 6 heteroatoms. The van der Waals surface area contributed by atoms with E-state index in [9.17, 15) is 9.59 Å². The molecular formula is C18H11Cl2NO3. The molecule has 4 rings (SSSR count). The number of nitrogens with one attached hydrogen (secondary N) is 1. The van der Waals surface area contributed by atoms with Crippen molar-refractivity contribution >= 4 is 40.1 Å². The number of benzene rings is 2. The number of H-pyrrole nitrogens is 1. The fraction of sp³-hybridized carbons (Fsp3) is 0.111. The Balaban J connectivity index is 2.02. The monoisotopic (exact) mass is 359 g/mol. The van der Waals surface area contributed by atoms with Crippen LogP contribution in [0.1, 0.15) is 23.5 Å². The number of ether oxygens (including phenoxy) is 1. The fourth-order valence-electron chi connectivity index (χ4n) is 3.13. The van der Waals surface area contributed by atoms with Gasteiger partial charge in [-0.3, -0.25) is 9.59 Å². The van der Waals surface area contributed by atoms with Crippen molar-refractivity contribution in [3.8, 4) is 5.75 Å². The molecule has 24 heavy (non-hydrogen) atoms. The number of aromatic amines is 1. The standard InChI is InChI=1S/C18H11Cl2NO3/c19-9-5-6-10(13(20)7-9)12-8-15(22)24-17-11-3-1-2-4-14(11)21-18(23)16(12)17/h1-7,12H,8H2,(H,21,23). The average molecular weight is 360 g/mol. The first-order chi connectivity index (χ1) is 11.5. The Morgan fingerprint density at radius 3 is 2.67 bits per heavy atom. The van der Waals surface area contributed by atoms with Gasteiger partial charge in [-0.05, 0) is 29.8 Å². The van der Waals surface area contributed by atoms with E-state index in [1.165, 1.54) is 0 Å². The molecule has 1 aliphatic rings. The van der Waals surface area contributed by atoms with Crippen LogP contribution in [0, 0.1) is 0 Å². The Bertz CT molecular complexity index is 1040. The molecule has 1 aromatic heterocycles. The predicted molar refractivity (Wildman–Crippen MR) is 93.1 cm³/mol. The third-order valence-corrected chi connectivity index (χ3v) is 4.74. The molecule has 1 aliphatic heterocycles. The molecule has 0 radical (unpaired) electrons. The Kier molecular flexibility index (Phi) is 3.59. The third-order valence-electron chi connectivity index (χ3n) is 4.18. The zero-order chi connectivity index (χ0) is 16.8. The number of carbonyl (C=O) groups excluding carboxylic acids is 1. The Morgan fingerprint density at radius 2 is 1.88 bits per heavy atom. The van der Waals surface area contributed by atoms with Crippen molar-refractivity contribution in [2.75, 3.05) is 0 Å². The van der Waals surface area contributed by atoms with Crippen molar-refractivity contribution in [1.82, 2.24) is 4.98 Å². The number of carbonyl (C=O) groups is 1. The summed E-state index contributed by atoms with van der Waals surface area (Å²) in [7, 11) is 0. The van der Waals surface area contributed by atoms with Gasteiger partial charge in [-0.15, -0.1) is 0 Å². The van der Waals surface area contributed by atoms with Crippen molar-refractivity contribution in [3.63, 3.8) is 0 Å². The average Bonchev–Trinajstić information content (AvgIpc) is 2.54. The lowest BCUT2D eigenvalue weighted by Crippen LogP contribution is -2.28. The van der Waals surface area contributed by atoms with Gasteiger partial charge in [-0.2, -0.15) is 0 Å². The van der Waals surface area contributed by atoms with Crippen molar-refractivity contribution in [2.24, 2.45) is 0 Å². The Labute approximate surface area is 147 Å². The molecule has 0 saturated heterocycles. The predicted octanol–water partition coefficient (Wildman–Crippen LogP) is 4.28. The second-order valence-corrected chi connectivity index (χ2v) is 6.48. The summed E-state index contributed by atoms with van der Waals surface area (Å²) in [6.07, 6.45) is 0.0514. The zero-order valence-corrected chi connectivity index (χ0v) is 13.8. The Hall–Kier alpha value is -2.30. The molecular weight excluding hydrogens is 349 g/mol. The molecule has 120 valence electrons. The fourth-order valence-corrected chi connectivity index (χ4v) is 3.67. The second kappa shape index (κ2) is 5.65. The minimum absolute atomic E-state index is 0.0514. The summed E-state index contributed by atoms with van der Waals surface area (Å²) in [5.74, 6) is -0.560. The first-order valence-corrected chi connectivity index (χ1v) is 8.10. The summed E-state index contributed by atoms with van der Waals surface area (Å²) in [4.78, 5) is 27.6. The van der Waals surface area contributed by atoms with Crippen LogP contribution in [0.5, 0.6) is 5.75 Å². The lowest BCUT2D eigenvalue weighted by molar-refractivity contribution is -0.135. The largest absolute Gasteiger partial charge is 0.425 e. The van der Waals surface area contributed by atoms with Gasteiger partial charge in [0.2, 0.25) is 0 Å². The van der Waals surface area contributed by atoms with Gasteiger partial charge in [-0.1, -0.05) is 41.4 Å². The van der Waals surface area contributed by atoms with Crippen molar-refractivity contribution in [2.45, 2.75) is 12.3 Å². The van der Waals surface area contributed by atoms with Crippen LogP contribution < -0.4 is 10.3 Å². The van der Waals surface area contributed by atoms with E-state index in [0.717, 1.165) is 0 Å². The summed E-state index contributed by atoms with van der Waals surface area (Å²) in [5, 5.41) is 1.60. The quantitative estimate of drug-likeness (QED) is 0.659. The van der Waals surface area contributed by atoms with E-state index in [1.807, 2.05) is 18.2 Å². The highest BCUT2D eigenvalue weighted by Gasteiger charge is 2.33. The van der Waals surface area contributed by atoms with Gasteiger partial charge >= 0.3 is 5.97 Å². The molecule has 0 bridgehead atoms. The van der Waals surface area contributed by atoms with Gasteiger partial charge in [-0.25, -0.2) is 0 Å². The summed E-state index contributed by atoms with van der Waals surface area (Å²) >= 11 is 12.2. The number of hydrogen-bond acceptors (Lipinski definition) is 3. The maximum atomic E-state index is 12.6. The minimum Gasteiger partial charge on any atom is -0.425 e. The van der Waals surface area contributed by atoms with Crippen LogP contribution in [-0.4, -0.2) is 11.0 Å². The minimum atomic E-state index is -0.473. The normalized spacial score (nSPS) is 16.8. The first kappa shape index (κ1) is 15.2. The van der Waals surface area contributed by atoms with E-state index in [1.54, 1.807) is 24.3 Å². The Morgan fingerprint density at radius 1 is 1.08 bits per heavy atom. The summed E-state index contributed by atoms with van der Waals surface area (Å²) in [6.45, 7) is 0.